The van der Waals surface area contributed by atoms with Crippen molar-refractivity contribution in [2.45, 2.75) is 63.9 Å². The molecule has 1 fully saturated rings. The number of anilines is 1. The average Bonchev–Trinajstić information content (AvgIpc) is 3.09. The van der Waals surface area contributed by atoms with E-state index < -0.39 is 17.3 Å². The van der Waals surface area contributed by atoms with E-state index >= 15 is 0 Å². The molecule has 0 bridgehead atoms. The molecule has 5 nitrogen and oxygen atoms in total. The first kappa shape index (κ1) is 22.9. The van der Waals surface area contributed by atoms with Gasteiger partial charge in [-0.1, -0.05) is 0 Å². The Morgan fingerprint density at radius 2 is 2.13 bits per heavy atom. The third kappa shape index (κ3) is 4.30. The highest BCUT2D eigenvalue weighted by molar-refractivity contribution is 14.1. The van der Waals surface area contributed by atoms with Crippen LogP contribution < -0.4 is 4.90 Å². The number of hydrogen-bond acceptors (Lipinski definition) is 4. The largest absolute Gasteiger partial charge is 0.417 e. The van der Waals surface area contributed by atoms with E-state index in [-0.39, 0.29) is 11.6 Å². The van der Waals surface area contributed by atoms with Gasteiger partial charge >= 0.3 is 6.18 Å². The zero-order chi connectivity index (χ0) is 22.1. The van der Waals surface area contributed by atoms with Gasteiger partial charge in [0, 0.05) is 31.2 Å². The zero-order valence-electron chi connectivity index (χ0n) is 16.9. The maximum Gasteiger partial charge on any atom is 0.417 e. The second-order valence-corrected chi connectivity index (χ2v) is 8.60. The lowest BCUT2D eigenvalue weighted by Crippen LogP contribution is -2.46. The summed E-state index contributed by atoms with van der Waals surface area (Å²) in [5.41, 5.74) is -1.20. The first-order chi connectivity index (χ1) is 14.1. The molecule has 2 unspecified atom stereocenters. The molecule has 2 atom stereocenters. The fraction of sp³-hybridized carbons (Fsp3) is 0.524. The van der Waals surface area contributed by atoms with Gasteiger partial charge in [-0.05, 0) is 73.9 Å². The minimum Gasteiger partial charge on any atom is -0.383 e. The van der Waals surface area contributed by atoms with Gasteiger partial charge in [-0.2, -0.15) is 18.4 Å². The predicted molar refractivity (Wildman–Crippen MR) is 116 cm³/mol. The Labute approximate surface area is 187 Å². The molecule has 0 saturated heterocycles. The number of aryl methyl sites for hydroxylation is 1. The average molecular weight is 532 g/mol. The highest BCUT2D eigenvalue weighted by atomic mass is 127. The van der Waals surface area contributed by atoms with Crippen molar-refractivity contribution in [2.24, 2.45) is 0 Å². The molecule has 9 heteroatoms. The number of rotatable bonds is 5. The van der Waals surface area contributed by atoms with Gasteiger partial charge in [-0.25, -0.2) is 4.98 Å². The van der Waals surface area contributed by atoms with Gasteiger partial charge in [0.25, 0.3) is 0 Å². The van der Waals surface area contributed by atoms with Gasteiger partial charge in [-0.3, -0.25) is 0 Å². The molecule has 2 aromatic rings. The maximum atomic E-state index is 13.4. The van der Waals surface area contributed by atoms with Crippen molar-refractivity contribution in [1.29, 1.82) is 5.26 Å². The lowest BCUT2D eigenvalue weighted by molar-refractivity contribution is -0.137. The molecular weight excluding hydrogens is 508 g/mol. The summed E-state index contributed by atoms with van der Waals surface area (Å²) >= 11 is 2.12. The van der Waals surface area contributed by atoms with Crippen LogP contribution in [0.1, 0.15) is 56.4 Å². The normalized spacial score (nSPS) is 22.0. The molecule has 1 aliphatic rings. The molecule has 0 radical (unpaired) electrons. The molecule has 0 amide bonds. The van der Waals surface area contributed by atoms with Crippen LogP contribution >= 0.6 is 22.6 Å². The summed E-state index contributed by atoms with van der Waals surface area (Å²) < 4.78 is 43.0. The first-order valence-electron chi connectivity index (χ1n) is 9.96. The van der Waals surface area contributed by atoms with Crippen molar-refractivity contribution in [2.75, 3.05) is 11.4 Å². The Hall–Kier alpha value is -1.80. The van der Waals surface area contributed by atoms with Crippen molar-refractivity contribution in [1.82, 2.24) is 9.55 Å². The van der Waals surface area contributed by atoms with Crippen LogP contribution in [0, 0.1) is 15.0 Å². The van der Waals surface area contributed by atoms with Gasteiger partial charge in [0.1, 0.15) is 9.30 Å². The molecule has 0 aliphatic heterocycles. The fourth-order valence-electron chi connectivity index (χ4n) is 4.46. The van der Waals surface area contributed by atoms with E-state index in [0.717, 1.165) is 28.3 Å². The molecular formula is C21H24F3IN4O. The second-order valence-electron chi connectivity index (χ2n) is 7.58. The van der Waals surface area contributed by atoms with E-state index in [1.165, 1.54) is 6.07 Å². The number of nitriles is 1. The quantitative estimate of drug-likeness (QED) is 0.548. The van der Waals surface area contributed by atoms with E-state index in [2.05, 4.69) is 27.6 Å². The number of imidazole rings is 1. The van der Waals surface area contributed by atoms with Crippen molar-refractivity contribution >= 4 is 28.3 Å². The number of nitrogens with zero attached hydrogens (tertiary/aromatic N) is 4. The van der Waals surface area contributed by atoms with Crippen molar-refractivity contribution < 1.29 is 18.3 Å². The molecule has 3 rings (SSSR count). The summed E-state index contributed by atoms with van der Waals surface area (Å²) in [6.45, 7) is 5.05. The van der Waals surface area contributed by atoms with Crippen LogP contribution in [0.5, 0.6) is 0 Å². The Balaban J connectivity index is 1.96. The number of alkyl halides is 3. The third-order valence-corrected chi connectivity index (χ3v) is 6.61. The molecule has 1 aromatic carbocycles. The van der Waals surface area contributed by atoms with Crippen LogP contribution in [0.15, 0.2) is 24.5 Å². The van der Waals surface area contributed by atoms with Gasteiger partial charge in [-0.15, -0.1) is 0 Å². The molecule has 30 heavy (non-hydrogen) atoms. The molecule has 162 valence electrons. The minimum absolute atomic E-state index is 0.126. The van der Waals surface area contributed by atoms with Gasteiger partial charge in [0.15, 0.2) is 0 Å². The molecule has 1 N–H and O–H groups in total. The number of benzene rings is 1. The van der Waals surface area contributed by atoms with Crippen LogP contribution in [0.2, 0.25) is 0 Å². The van der Waals surface area contributed by atoms with E-state index in [0.29, 0.717) is 31.6 Å². The first-order valence-corrected chi connectivity index (χ1v) is 11.0. The zero-order valence-corrected chi connectivity index (χ0v) is 19.0. The maximum absolute atomic E-state index is 13.4. The monoisotopic (exact) mass is 532 g/mol. The summed E-state index contributed by atoms with van der Waals surface area (Å²) in [4.78, 5) is 6.24. The SMILES string of the molecule is CCN(c1ccc(C#N)c(C(F)(F)F)c1)C1CCCC(O)(c2c(I)ncn2CC)C1. The summed E-state index contributed by atoms with van der Waals surface area (Å²) in [5, 5.41) is 20.6. The Kier molecular flexibility index (Phi) is 6.67. The van der Waals surface area contributed by atoms with Crippen LogP contribution in [0.3, 0.4) is 0 Å². The summed E-state index contributed by atoms with van der Waals surface area (Å²) in [7, 11) is 0. The molecule has 1 aliphatic carbocycles. The van der Waals surface area contributed by atoms with E-state index in [1.807, 2.05) is 23.3 Å². The molecule has 1 aromatic heterocycles. The number of halogens is 4. The topological polar surface area (TPSA) is 65.1 Å². The van der Waals surface area contributed by atoms with E-state index in [1.54, 1.807) is 18.5 Å². The number of aliphatic hydroxyl groups is 1. The molecule has 1 saturated carbocycles. The highest BCUT2D eigenvalue weighted by Crippen LogP contribution is 2.42. The van der Waals surface area contributed by atoms with Crippen molar-refractivity contribution in [3.63, 3.8) is 0 Å². The lowest BCUT2D eigenvalue weighted by Gasteiger charge is -2.43. The smallest absolute Gasteiger partial charge is 0.383 e. The second kappa shape index (κ2) is 8.75. The molecule has 1 heterocycles. The standard InChI is InChI=1S/C21H24F3IN4O/c1-3-28-13-27-19(25)18(28)20(30)9-5-6-16(11-20)29(4-2)15-8-7-14(12-26)17(10-15)21(22,23)24/h7-8,10,13,16,30H,3-6,9,11H2,1-2H3. The van der Waals surface area contributed by atoms with E-state index in [4.69, 9.17) is 5.26 Å². The lowest BCUT2D eigenvalue weighted by atomic mass is 9.79. The third-order valence-electron chi connectivity index (χ3n) is 5.82. The Morgan fingerprint density at radius 3 is 2.73 bits per heavy atom. The van der Waals surface area contributed by atoms with Gasteiger partial charge in [0.2, 0.25) is 0 Å². The Bertz CT molecular complexity index is 953. The summed E-state index contributed by atoms with van der Waals surface area (Å²) in [6.07, 6.45) is -0.364. The number of aromatic nitrogens is 2. The van der Waals surface area contributed by atoms with Crippen LogP contribution in [-0.2, 0) is 18.3 Å². The summed E-state index contributed by atoms with van der Waals surface area (Å²) in [6, 6.07) is 5.34. The van der Waals surface area contributed by atoms with Crippen molar-refractivity contribution in [3.8, 4) is 6.07 Å². The van der Waals surface area contributed by atoms with Crippen LogP contribution in [-0.4, -0.2) is 27.2 Å². The fourth-order valence-corrected chi connectivity index (χ4v) is 5.39. The van der Waals surface area contributed by atoms with Gasteiger partial charge < -0.3 is 14.6 Å². The van der Waals surface area contributed by atoms with E-state index in [9.17, 15) is 18.3 Å². The van der Waals surface area contributed by atoms with Gasteiger partial charge in [0.05, 0.1) is 29.2 Å². The highest BCUT2D eigenvalue weighted by Gasteiger charge is 2.42. The van der Waals surface area contributed by atoms with Crippen molar-refractivity contribution in [3.05, 3.63) is 45.0 Å². The minimum atomic E-state index is -4.60. The summed E-state index contributed by atoms with van der Waals surface area (Å²) in [5.74, 6) is 0. The molecule has 0 spiro atoms. The predicted octanol–water partition coefficient (Wildman–Crippen LogP) is 5.05. The number of hydrogen-bond donors (Lipinski definition) is 1. The Morgan fingerprint density at radius 1 is 1.40 bits per heavy atom. The van der Waals surface area contributed by atoms with Crippen LogP contribution in [0.25, 0.3) is 0 Å². The van der Waals surface area contributed by atoms with Crippen LogP contribution in [0.4, 0.5) is 18.9 Å².